The van der Waals surface area contributed by atoms with Crippen LogP contribution in [-0.2, 0) is 4.74 Å². The van der Waals surface area contributed by atoms with Crippen molar-refractivity contribution in [1.29, 1.82) is 0 Å². The van der Waals surface area contributed by atoms with Gasteiger partial charge in [0, 0.05) is 24.9 Å². The van der Waals surface area contributed by atoms with Gasteiger partial charge in [-0.05, 0) is 19.1 Å². The number of nitrogens with zero attached hydrogens (tertiary/aromatic N) is 1. The summed E-state index contributed by atoms with van der Waals surface area (Å²) >= 11 is 0. The minimum Gasteiger partial charge on any atom is -0.381 e. The van der Waals surface area contributed by atoms with Gasteiger partial charge < -0.3 is 4.74 Å². The van der Waals surface area contributed by atoms with Gasteiger partial charge in [0.2, 0.25) is 0 Å². The molecule has 0 spiro atoms. The van der Waals surface area contributed by atoms with E-state index < -0.39 is 0 Å². The smallest absolute Gasteiger partial charge is 0.0557 e. The predicted octanol–water partition coefficient (Wildman–Crippen LogP) is 1.67. The van der Waals surface area contributed by atoms with Gasteiger partial charge in [0.15, 0.2) is 0 Å². The second-order valence-electron chi connectivity index (χ2n) is 2.12. The van der Waals surface area contributed by atoms with Crippen LogP contribution in [0.3, 0.4) is 0 Å². The first kappa shape index (κ1) is 8.21. The first-order valence-corrected chi connectivity index (χ1v) is 3.75. The van der Waals surface area contributed by atoms with Gasteiger partial charge in [-0.1, -0.05) is 6.07 Å². The quantitative estimate of drug-likeness (QED) is 0.609. The van der Waals surface area contributed by atoms with Crippen LogP contribution in [0, 0.1) is 6.42 Å². The third-order valence-electron chi connectivity index (χ3n) is 1.30. The Balaban J connectivity index is 2.28. The van der Waals surface area contributed by atoms with Gasteiger partial charge in [0.1, 0.15) is 0 Å². The highest BCUT2D eigenvalue weighted by molar-refractivity contribution is 5.12. The maximum Gasteiger partial charge on any atom is 0.0557 e. The Morgan fingerprint density at radius 3 is 3.09 bits per heavy atom. The second kappa shape index (κ2) is 4.85. The van der Waals surface area contributed by atoms with E-state index in [0.717, 1.165) is 12.3 Å². The Hall–Kier alpha value is -0.890. The van der Waals surface area contributed by atoms with Crippen LogP contribution in [0.1, 0.15) is 12.6 Å². The topological polar surface area (TPSA) is 22.1 Å². The molecule has 0 atom stereocenters. The van der Waals surface area contributed by atoms with E-state index in [1.807, 2.05) is 31.5 Å². The summed E-state index contributed by atoms with van der Waals surface area (Å²) in [6, 6.07) is 5.82. The molecule has 0 N–H and O–H groups in total. The Morgan fingerprint density at radius 1 is 1.55 bits per heavy atom. The van der Waals surface area contributed by atoms with E-state index in [4.69, 9.17) is 4.74 Å². The molecule has 0 saturated carbocycles. The van der Waals surface area contributed by atoms with Gasteiger partial charge in [0.25, 0.3) is 0 Å². The van der Waals surface area contributed by atoms with Gasteiger partial charge in [-0.2, -0.15) is 0 Å². The van der Waals surface area contributed by atoms with Gasteiger partial charge in [0.05, 0.1) is 6.61 Å². The lowest BCUT2D eigenvalue weighted by atomic mass is 10.3. The minimum absolute atomic E-state index is 0.646. The molecule has 0 amide bonds. The summed E-state index contributed by atoms with van der Waals surface area (Å²) in [6.45, 7) is 3.38. The van der Waals surface area contributed by atoms with Crippen LogP contribution < -0.4 is 0 Å². The molecule has 0 fully saturated rings. The highest BCUT2D eigenvalue weighted by atomic mass is 16.5. The molecule has 59 valence electrons. The lowest BCUT2D eigenvalue weighted by molar-refractivity contribution is 0.170. The van der Waals surface area contributed by atoms with Gasteiger partial charge in [-0.25, -0.2) is 0 Å². The number of rotatable bonds is 4. The van der Waals surface area contributed by atoms with Crippen LogP contribution in [0.25, 0.3) is 0 Å². The molecule has 0 aliphatic carbocycles. The Morgan fingerprint density at radius 2 is 2.45 bits per heavy atom. The summed E-state index contributed by atoms with van der Waals surface area (Å²) in [6.07, 6.45) is 3.74. The van der Waals surface area contributed by atoms with Crippen molar-refractivity contribution >= 4 is 0 Å². The van der Waals surface area contributed by atoms with Crippen molar-refractivity contribution < 1.29 is 4.74 Å². The third-order valence-corrected chi connectivity index (χ3v) is 1.30. The third kappa shape index (κ3) is 3.14. The van der Waals surface area contributed by atoms with Crippen LogP contribution in [0.5, 0.6) is 0 Å². The molecule has 11 heavy (non-hydrogen) atoms. The predicted molar refractivity (Wildman–Crippen MR) is 44.1 cm³/mol. The summed E-state index contributed by atoms with van der Waals surface area (Å²) in [5.74, 6) is 0. The molecule has 1 aromatic heterocycles. The molecular formula is C9H12NO. The molecule has 0 saturated heterocycles. The van der Waals surface area contributed by atoms with Gasteiger partial charge in [-0.15, -0.1) is 0 Å². The molecule has 0 unspecified atom stereocenters. The molecule has 0 bridgehead atoms. The van der Waals surface area contributed by atoms with Crippen LogP contribution in [0.2, 0.25) is 0 Å². The van der Waals surface area contributed by atoms with E-state index in [0.29, 0.717) is 6.61 Å². The van der Waals surface area contributed by atoms with Crippen molar-refractivity contribution in [1.82, 2.24) is 4.98 Å². The molecule has 2 heteroatoms. The molecule has 0 aromatic carbocycles. The largest absolute Gasteiger partial charge is 0.381 e. The van der Waals surface area contributed by atoms with E-state index in [1.165, 1.54) is 0 Å². The fraction of sp³-hybridized carbons (Fsp3) is 0.333. The van der Waals surface area contributed by atoms with Crippen LogP contribution in [0.4, 0.5) is 0 Å². The summed E-state index contributed by atoms with van der Waals surface area (Å²) in [4.78, 5) is 4.11. The van der Waals surface area contributed by atoms with Gasteiger partial charge >= 0.3 is 0 Å². The van der Waals surface area contributed by atoms with Crippen molar-refractivity contribution in [3.05, 3.63) is 36.5 Å². The summed E-state index contributed by atoms with van der Waals surface area (Å²) < 4.78 is 5.14. The highest BCUT2D eigenvalue weighted by Crippen LogP contribution is 1.96. The molecular weight excluding hydrogens is 138 g/mol. The number of pyridine rings is 1. The van der Waals surface area contributed by atoms with E-state index in [2.05, 4.69) is 4.98 Å². The monoisotopic (exact) mass is 150 g/mol. The zero-order valence-electron chi connectivity index (χ0n) is 6.66. The van der Waals surface area contributed by atoms with Crippen molar-refractivity contribution in [3.8, 4) is 0 Å². The molecule has 0 aliphatic heterocycles. The van der Waals surface area contributed by atoms with Crippen LogP contribution in [-0.4, -0.2) is 18.2 Å². The lowest BCUT2D eigenvalue weighted by Crippen LogP contribution is -1.96. The normalized spacial score (nSPS) is 9.91. The van der Waals surface area contributed by atoms with E-state index >= 15 is 0 Å². The maximum atomic E-state index is 5.14. The Labute approximate surface area is 67.2 Å². The molecule has 2 nitrogen and oxygen atoms in total. The molecule has 1 heterocycles. The Bertz CT molecular complexity index is 186. The summed E-state index contributed by atoms with van der Waals surface area (Å²) in [7, 11) is 0. The lowest BCUT2D eigenvalue weighted by Gasteiger charge is -1.98. The first-order valence-electron chi connectivity index (χ1n) is 3.75. The summed E-state index contributed by atoms with van der Waals surface area (Å²) in [5.41, 5.74) is 0.973. The maximum absolute atomic E-state index is 5.14. The van der Waals surface area contributed by atoms with E-state index in [9.17, 15) is 0 Å². The average molecular weight is 150 g/mol. The summed E-state index contributed by atoms with van der Waals surface area (Å²) in [5, 5.41) is 0. The van der Waals surface area contributed by atoms with Crippen LogP contribution in [0.15, 0.2) is 24.4 Å². The van der Waals surface area contributed by atoms with E-state index in [1.54, 1.807) is 6.20 Å². The van der Waals surface area contributed by atoms with Crippen molar-refractivity contribution in [2.75, 3.05) is 13.2 Å². The number of hydrogen-bond acceptors (Lipinski definition) is 2. The average Bonchev–Trinajstić information content (AvgIpc) is 2.07. The molecule has 1 rings (SSSR count). The fourth-order valence-corrected chi connectivity index (χ4v) is 0.759. The molecule has 0 aliphatic rings. The zero-order valence-corrected chi connectivity index (χ0v) is 6.66. The second-order valence-corrected chi connectivity index (χ2v) is 2.12. The van der Waals surface area contributed by atoms with Crippen molar-refractivity contribution in [2.45, 2.75) is 6.92 Å². The highest BCUT2D eigenvalue weighted by Gasteiger charge is 1.91. The SMILES string of the molecule is CCOC[CH]c1ccccn1. The number of ether oxygens (including phenoxy) is 1. The zero-order chi connectivity index (χ0) is 7.94. The molecule has 1 radical (unpaired) electrons. The fourth-order valence-electron chi connectivity index (χ4n) is 0.759. The molecule has 1 aromatic rings. The van der Waals surface area contributed by atoms with Crippen molar-refractivity contribution in [2.24, 2.45) is 0 Å². The van der Waals surface area contributed by atoms with Crippen LogP contribution >= 0.6 is 0 Å². The first-order chi connectivity index (χ1) is 5.43. The standard InChI is InChI=1S/C9H12NO/c1-2-11-8-6-9-5-3-4-7-10-9/h3-7H,2,8H2,1H3. The minimum atomic E-state index is 0.646. The van der Waals surface area contributed by atoms with Gasteiger partial charge in [-0.3, -0.25) is 4.98 Å². The Kier molecular flexibility index (Phi) is 3.62. The van der Waals surface area contributed by atoms with E-state index in [-0.39, 0.29) is 0 Å². The van der Waals surface area contributed by atoms with Crippen molar-refractivity contribution in [3.63, 3.8) is 0 Å². The number of hydrogen-bond donors (Lipinski definition) is 0. The number of aromatic nitrogens is 1.